The molecule has 0 saturated carbocycles. The zero-order valence-corrected chi connectivity index (χ0v) is 3.54. The minimum Gasteiger partial charge on any atom is -0.291 e. The van der Waals surface area contributed by atoms with Crippen LogP contribution in [0.15, 0.2) is 0 Å². The molecule has 0 saturated heterocycles. The van der Waals surface area contributed by atoms with Crippen LogP contribution in [0.2, 0.25) is 0 Å². The Hall–Kier alpha value is -0.120. The second-order valence-corrected chi connectivity index (χ2v) is 1.31. The summed E-state index contributed by atoms with van der Waals surface area (Å²) in [6, 6.07) is 0. The molecule has 0 atom stereocenters. The molecular formula is C2H2F2OS. The summed E-state index contributed by atoms with van der Waals surface area (Å²) in [6.45, 7) is 0. The van der Waals surface area contributed by atoms with Gasteiger partial charge in [-0.3, -0.25) is 4.79 Å². The minimum absolute atomic E-state index is 0.0278. The van der Waals surface area contributed by atoms with Crippen LogP contribution >= 0.6 is 11.8 Å². The van der Waals surface area contributed by atoms with Crippen molar-refractivity contribution < 1.29 is 13.6 Å². The molecule has 4 heteroatoms. The maximum Gasteiger partial charge on any atom is 0.291 e. The number of hydrogen-bond acceptors (Lipinski definition) is 2. The van der Waals surface area contributed by atoms with Crippen LogP contribution in [0, 0.1) is 0 Å². The smallest absolute Gasteiger partial charge is 0.291 e. The molecule has 0 fully saturated rings. The first-order valence-electron chi connectivity index (χ1n) is 1.14. The molecule has 0 aliphatic carbocycles. The summed E-state index contributed by atoms with van der Waals surface area (Å²) < 4.78 is 21.5. The standard InChI is InChI=1S/C2H2F2OS/c3-2(4)6-1-5/h1-2H. The van der Waals surface area contributed by atoms with E-state index in [9.17, 15) is 8.78 Å². The summed E-state index contributed by atoms with van der Waals surface area (Å²) in [5, 5.41) is 0. The highest BCUT2D eigenvalue weighted by Gasteiger charge is 1.96. The van der Waals surface area contributed by atoms with Crippen LogP contribution in [0.25, 0.3) is 0 Å². The van der Waals surface area contributed by atoms with Crippen LogP contribution in [0.1, 0.15) is 0 Å². The Morgan fingerprint density at radius 3 is 2.17 bits per heavy atom. The third kappa shape index (κ3) is 3.88. The van der Waals surface area contributed by atoms with Gasteiger partial charge in [-0.15, -0.1) is 0 Å². The summed E-state index contributed by atoms with van der Waals surface area (Å²) >= 11 is -0.0278. The molecule has 0 spiro atoms. The van der Waals surface area contributed by atoms with Gasteiger partial charge in [0.05, 0.1) is 0 Å². The van der Waals surface area contributed by atoms with E-state index >= 15 is 0 Å². The summed E-state index contributed by atoms with van der Waals surface area (Å²) in [6.07, 6.45) is 0. The number of carbonyl (C=O) groups excluding carboxylic acids is 1. The molecule has 0 unspecified atom stereocenters. The molecule has 36 valence electrons. The quantitative estimate of drug-likeness (QED) is 0.498. The molecule has 1 nitrogen and oxygen atoms in total. The van der Waals surface area contributed by atoms with E-state index < -0.39 is 5.76 Å². The van der Waals surface area contributed by atoms with Crippen molar-refractivity contribution in [2.24, 2.45) is 0 Å². The highest BCUT2D eigenvalue weighted by atomic mass is 32.2. The van der Waals surface area contributed by atoms with E-state index in [2.05, 4.69) is 0 Å². The van der Waals surface area contributed by atoms with E-state index in [-0.39, 0.29) is 17.4 Å². The van der Waals surface area contributed by atoms with Gasteiger partial charge in [0, 0.05) is 0 Å². The Morgan fingerprint density at radius 2 is 2.17 bits per heavy atom. The fourth-order valence-electron chi connectivity index (χ4n) is 0.0420. The lowest BCUT2D eigenvalue weighted by Gasteiger charge is -1.80. The molecule has 0 aliphatic rings. The molecule has 0 N–H and O–H groups in total. The van der Waals surface area contributed by atoms with E-state index in [1.54, 1.807) is 0 Å². The van der Waals surface area contributed by atoms with Gasteiger partial charge in [-0.1, -0.05) is 0 Å². The normalized spacial score (nSPS) is 9.17. The molecule has 0 aromatic heterocycles. The van der Waals surface area contributed by atoms with E-state index in [0.717, 1.165) is 0 Å². The van der Waals surface area contributed by atoms with Gasteiger partial charge in [-0.2, -0.15) is 8.78 Å². The first-order chi connectivity index (χ1) is 2.77. The van der Waals surface area contributed by atoms with Gasteiger partial charge in [0.25, 0.3) is 5.76 Å². The van der Waals surface area contributed by atoms with Gasteiger partial charge in [0.15, 0.2) is 5.62 Å². The monoisotopic (exact) mass is 112 g/mol. The lowest BCUT2D eigenvalue weighted by Crippen LogP contribution is -1.76. The number of rotatable bonds is 2. The minimum atomic E-state index is -2.55. The Balaban J connectivity index is 2.81. The van der Waals surface area contributed by atoms with Crippen LogP contribution in [0.4, 0.5) is 8.78 Å². The lowest BCUT2D eigenvalue weighted by molar-refractivity contribution is 0.253. The number of carbonyl (C=O) groups is 1. The molecule has 6 heavy (non-hydrogen) atoms. The van der Waals surface area contributed by atoms with Crippen LogP contribution < -0.4 is 0 Å². The first-order valence-corrected chi connectivity index (χ1v) is 2.09. The van der Waals surface area contributed by atoms with Crippen molar-refractivity contribution in [1.82, 2.24) is 0 Å². The van der Waals surface area contributed by atoms with Crippen LogP contribution in [0.5, 0.6) is 0 Å². The summed E-state index contributed by atoms with van der Waals surface area (Å²) in [5.41, 5.74) is 0.116. The average Bonchev–Trinajstić information content (AvgIpc) is 1.35. The molecule has 0 heterocycles. The molecule has 0 radical (unpaired) electrons. The van der Waals surface area contributed by atoms with Gasteiger partial charge >= 0.3 is 0 Å². The fourth-order valence-corrected chi connectivity index (χ4v) is 0.126. The highest BCUT2D eigenvalue weighted by Crippen LogP contribution is 2.07. The molecule has 0 amide bonds. The van der Waals surface area contributed by atoms with E-state index in [0.29, 0.717) is 0 Å². The number of hydrogen-bond donors (Lipinski definition) is 0. The zero-order chi connectivity index (χ0) is 4.99. The van der Waals surface area contributed by atoms with E-state index in [1.165, 1.54) is 0 Å². The van der Waals surface area contributed by atoms with Crippen molar-refractivity contribution in [3.05, 3.63) is 0 Å². The number of halogens is 2. The SMILES string of the molecule is O=CSC(F)F. The average molecular weight is 112 g/mol. The first kappa shape index (κ1) is 5.88. The summed E-state index contributed by atoms with van der Waals surface area (Å²) in [4.78, 5) is 9.10. The van der Waals surface area contributed by atoms with Crippen LogP contribution in [0.3, 0.4) is 0 Å². The van der Waals surface area contributed by atoms with Crippen LogP contribution in [-0.4, -0.2) is 11.4 Å². The summed E-state index contributed by atoms with van der Waals surface area (Å²) in [5.74, 6) is -2.55. The van der Waals surface area contributed by atoms with E-state index in [4.69, 9.17) is 4.79 Å². The van der Waals surface area contributed by atoms with Crippen molar-refractivity contribution in [1.29, 1.82) is 0 Å². The molecule has 0 bridgehead atoms. The molecule has 0 aromatic carbocycles. The van der Waals surface area contributed by atoms with Crippen molar-refractivity contribution in [2.45, 2.75) is 5.76 Å². The lowest BCUT2D eigenvalue weighted by atomic mass is 11.7. The van der Waals surface area contributed by atoms with Crippen molar-refractivity contribution in [2.75, 3.05) is 0 Å². The van der Waals surface area contributed by atoms with Crippen LogP contribution in [-0.2, 0) is 4.79 Å². The topological polar surface area (TPSA) is 17.1 Å². The molecule has 0 rings (SSSR count). The molecule has 0 aromatic rings. The Morgan fingerprint density at radius 1 is 1.67 bits per heavy atom. The predicted octanol–water partition coefficient (Wildman–Crippen LogP) is 1.13. The Bertz CT molecular complexity index is 46.8. The Kier molecular flexibility index (Phi) is 3.02. The number of alkyl halides is 2. The highest BCUT2D eigenvalue weighted by molar-refractivity contribution is 8.12. The third-order valence-corrected chi connectivity index (χ3v) is 0.475. The van der Waals surface area contributed by atoms with Gasteiger partial charge in [0.2, 0.25) is 0 Å². The zero-order valence-electron chi connectivity index (χ0n) is 2.73. The molecule has 0 aliphatic heterocycles. The molecular weight excluding hydrogens is 110 g/mol. The van der Waals surface area contributed by atoms with Gasteiger partial charge in [-0.05, 0) is 11.8 Å². The summed E-state index contributed by atoms with van der Waals surface area (Å²) in [7, 11) is 0. The largest absolute Gasteiger partial charge is 0.291 e. The van der Waals surface area contributed by atoms with Crippen molar-refractivity contribution in [3.63, 3.8) is 0 Å². The van der Waals surface area contributed by atoms with Gasteiger partial charge < -0.3 is 0 Å². The maximum atomic E-state index is 10.8. The Labute approximate surface area is 37.7 Å². The second-order valence-electron chi connectivity index (χ2n) is 0.493. The fraction of sp³-hybridized carbons (Fsp3) is 0.500. The maximum absolute atomic E-state index is 10.8. The van der Waals surface area contributed by atoms with Gasteiger partial charge in [0.1, 0.15) is 0 Å². The van der Waals surface area contributed by atoms with Crippen molar-refractivity contribution >= 4 is 17.4 Å². The second kappa shape index (κ2) is 3.08. The predicted molar refractivity (Wildman–Crippen MR) is 20.3 cm³/mol. The van der Waals surface area contributed by atoms with E-state index in [1.807, 2.05) is 0 Å². The van der Waals surface area contributed by atoms with Crippen molar-refractivity contribution in [3.8, 4) is 0 Å². The third-order valence-electron chi connectivity index (χ3n) is 0.158. The number of thioether (sulfide) groups is 1. The van der Waals surface area contributed by atoms with Gasteiger partial charge in [-0.25, -0.2) is 0 Å².